The van der Waals surface area contributed by atoms with Crippen molar-refractivity contribution >= 4 is 5.69 Å². The Bertz CT molecular complexity index is 634. The van der Waals surface area contributed by atoms with E-state index in [-0.39, 0.29) is 11.4 Å². The van der Waals surface area contributed by atoms with Gasteiger partial charge in [-0.25, -0.2) is 4.39 Å². The maximum Gasteiger partial charge on any atom is 0.416 e. The molecule has 0 spiro atoms. The molecule has 2 aromatic carbocycles. The molecule has 0 aliphatic heterocycles. The summed E-state index contributed by atoms with van der Waals surface area (Å²) in [5.74, 6) is -0.344. The van der Waals surface area contributed by atoms with Crippen molar-refractivity contribution in [3.8, 4) is 0 Å². The fourth-order valence-electron chi connectivity index (χ4n) is 2.19. The van der Waals surface area contributed by atoms with E-state index >= 15 is 0 Å². The lowest BCUT2D eigenvalue weighted by atomic mass is 10.0. The van der Waals surface area contributed by atoms with Crippen molar-refractivity contribution in [2.24, 2.45) is 0 Å². The monoisotopic (exact) mass is 297 g/mol. The molecule has 0 radical (unpaired) electrons. The standard InChI is InChI=1S/C16H15F4N/c1-10-9-12(7-8-15(10)17)21-11(2)13-5-3-4-6-14(13)16(18,19)20/h3-9,11,21H,1-2H3. The van der Waals surface area contributed by atoms with Crippen LogP contribution in [0.25, 0.3) is 0 Å². The zero-order valence-electron chi connectivity index (χ0n) is 11.6. The molecule has 1 nitrogen and oxygen atoms in total. The molecule has 21 heavy (non-hydrogen) atoms. The normalized spacial score (nSPS) is 13.0. The van der Waals surface area contributed by atoms with Gasteiger partial charge in [0.2, 0.25) is 0 Å². The maximum absolute atomic E-state index is 13.2. The second-order valence-electron chi connectivity index (χ2n) is 4.91. The molecule has 112 valence electrons. The lowest BCUT2D eigenvalue weighted by Gasteiger charge is -2.20. The molecular formula is C16H15F4N. The highest BCUT2D eigenvalue weighted by Gasteiger charge is 2.34. The number of rotatable bonds is 3. The van der Waals surface area contributed by atoms with Crippen LogP contribution in [0, 0.1) is 12.7 Å². The Morgan fingerprint density at radius 1 is 1.05 bits per heavy atom. The van der Waals surface area contributed by atoms with Crippen LogP contribution in [-0.2, 0) is 6.18 Å². The minimum absolute atomic E-state index is 0.159. The Labute approximate surface area is 120 Å². The van der Waals surface area contributed by atoms with Crippen LogP contribution < -0.4 is 5.32 Å². The van der Waals surface area contributed by atoms with Gasteiger partial charge in [0.05, 0.1) is 5.56 Å². The third kappa shape index (κ3) is 3.54. The van der Waals surface area contributed by atoms with E-state index in [4.69, 9.17) is 0 Å². The maximum atomic E-state index is 13.2. The number of halogens is 4. The summed E-state index contributed by atoms with van der Waals surface area (Å²) in [5.41, 5.74) is 0.519. The van der Waals surface area contributed by atoms with E-state index in [1.165, 1.54) is 24.3 Å². The molecule has 2 rings (SSSR count). The van der Waals surface area contributed by atoms with Crippen LogP contribution in [0.15, 0.2) is 42.5 Å². The smallest absolute Gasteiger partial charge is 0.378 e. The van der Waals surface area contributed by atoms with E-state index < -0.39 is 17.8 Å². The summed E-state index contributed by atoms with van der Waals surface area (Å²) >= 11 is 0. The SMILES string of the molecule is Cc1cc(NC(C)c2ccccc2C(F)(F)F)ccc1F. The second kappa shape index (κ2) is 5.76. The van der Waals surface area contributed by atoms with Crippen LogP contribution >= 0.6 is 0 Å². The quantitative estimate of drug-likeness (QED) is 0.755. The summed E-state index contributed by atoms with van der Waals surface area (Å²) in [4.78, 5) is 0. The van der Waals surface area contributed by atoms with E-state index in [0.29, 0.717) is 11.3 Å². The van der Waals surface area contributed by atoms with Gasteiger partial charge in [-0.1, -0.05) is 18.2 Å². The third-order valence-corrected chi connectivity index (χ3v) is 3.27. The van der Waals surface area contributed by atoms with Crippen molar-refractivity contribution < 1.29 is 17.6 Å². The molecule has 0 bridgehead atoms. The fourth-order valence-corrected chi connectivity index (χ4v) is 2.19. The highest BCUT2D eigenvalue weighted by molar-refractivity contribution is 5.48. The Balaban J connectivity index is 2.28. The average Bonchev–Trinajstić information content (AvgIpc) is 2.42. The van der Waals surface area contributed by atoms with Crippen molar-refractivity contribution in [2.75, 3.05) is 5.32 Å². The molecule has 0 saturated carbocycles. The van der Waals surface area contributed by atoms with E-state index in [0.717, 1.165) is 6.07 Å². The fraction of sp³-hybridized carbons (Fsp3) is 0.250. The minimum Gasteiger partial charge on any atom is -0.378 e. The van der Waals surface area contributed by atoms with Gasteiger partial charge in [0.15, 0.2) is 0 Å². The molecule has 1 N–H and O–H groups in total. The van der Waals surface area contributed by atoms with E-state index in [1.807, 2.05) is 0 Å². The molecule has 5 heteroatoms. The highest BCUT2D eigenvalue weighted by Crippen LogP contribution is 2.35. The van der Waals surface area contributed by atoms with Gasteiger partial charge in [-0.05, 0) is 49.2 Å². The van der Waals surface area contributed by atoms with E-state index in [2.05, 4.69) is 5.32 Å². The van der Waals surface area contributed by atoms with Gasteiger partial charge in [-0.2, -0.15) is 13.2 Å². The first-order valence-electron chi connectivity index (χ1n) is 6.48. The first-order chi connectivity index (χ1) is 9.79. The zero-order valence-corrected chi connectivity index (χ0v) is 11.6. The second-order valence-corrected chi connectivity index (χ2v) is 4.91. The molecule has 0 aliphatic carbocycles. The number of nitrogens with one attached hydrogen (secondary N) is 1. The molecule has 0 heterocycles. The Morgan fingerprint density at radius 3 is 2.33 bits per heavy atom. The molecule has 0 saturated heterocycles. The van der Waals surface area contributed by atoms with Gasteiger partial charge in [0.1, 0.15) is 5.82 Å². The summed E-state index contributed by atoms with van der Waals surface area (Å²) in [5, 5.41) is 2.97. The zero-order chi connectivity index (χ0) is 15.6. The largest absolute Gasteiger partial charge is 0.416 e. The average molecular weight is 297 g/mol. The van der Waals surface area contributed by atoms with Crippen molar-refractivity contribution in [1.82, 2.24) is 0 Å². The molecule has 0 fully saturated rings. The van der Waals surface area contributed by atoms with Crippen LogP contribution in [0.1, 0.15) is 29.7 Å². The topological polar surface area (TPSA) is 12.0 Å². The molecular weight excluding hydrogens is 282 g/mol. The molecule has 1 unspecified atom stereocenters. The van der Waals surface area contributed by atoms with Gasteiger partial charge in [0, 0.05) is 11.7 Å². The predicted octanol–water partition coefficient (Wildman–Crippen LogP) is 5.33. The first kappa shape index (κ1) is 15.4. The van der Waals surface area contributed by atoms with Crippen molar-refractivity contribution in [2.45, 2.75) is 26.1 Å². The van der Waals surface area contributed by atoms with Crippen LogP contribution in [-0.4, -0.2) is 0 Å². The number of aryl methyl sites for hydroxylation is 1. The summed E-state index contributed by atoms with van der Waals surface area (Å²) in [7, 11) is 0. The molecule has 0 aromatic heterocycles. The Morgan fingerprint density at radius 2 is 1.71 bits per heavy atom. The van der Waals surface area contributed by atoms with Crippen molar-refractivity contribution in [1.29, 1.82) is 0 Å². The third-order valence-electron chi connectivity index (χ3n) is 3.27. The number of hydrogen-bond donors (Lipinski definition) is 1. The lowest BCUT2D eigenvalue weighted by molar-refractivity contribution is -0.138. The van der Waals surface area contributed by atoms with Gasteiger partial charge in [0.25, 0.3) is 0 Å². The number of hydrogen-bond acceptors (Lipinski definition) is 1. The van der Waals surface area contributed by atoms with Crippen molar-refractivity contribution in [3.63, 3.8) is 0 Å². The van der Waals surface area contributed by atoms with Gasteiger partial charge in [-0.3, -0.25) is 0 Å². The van der Waals surface area contributed by atoms with Crippen LogP contribution in [0.4, 0.5) is 23.2 Å². The summed E-state index contributed by atoms with van der Waals surface area (Å²) in [6.07, 6.45) is -4.40. The van der Waals surface area contributed by atoms with E-state index in [9.17, 15) is 17.6 Å². The summed E-state index contributed by atoms with van der Waals surface area (Å²) in [6.45, 7) is 3.25. The number of benzene rings is 2. The highest BCUT2D eigenvalue weighted by atomic mass is 19.4. The summed E-state index contributed by atoms with van der Waals surface area (Å²) < 4.78 is 52.2. The van der Waals surface area contributed by atoms with Gasteiger partial charge >= 0.3 is 6.18 Å². The number of alkyl halides is 3. The number of anilines is 1. The van der Waals surface area contributed by atoms with Crippen LogP contribution in [0.2, 0.25) is 0 Å². The molecule has 0 amide bonds. The Kier molecular flexibility index (Phi) is 4.21. The van der Waals surface area contributed by atoms with Gasteiger partial charge < -0.3 is 5.32 Å². The van der Waals surface area contributed by atoms with Crippen LogP contribution in [0.3, 0.4) is 0 Å². The van der Waals surface area contributed by atoms with Crippen LogP contribution in [0.5, 0.6) is 0 Å². The molecule has 2 aromatic rings. The molecule has 0 aliphatic rings. The Hall–Kier alpha value is -2.04. The van der Waals surface area contributed by atoms with E-state index in [1.54, 1.807) is 26.0 Å². The van der Waals surface area contributed by atoms with Crippen molar-refractivity contribution in [3.05, 3.63) is 65.0 Å². The summed E-state index contributed by atoms with van der Waals surface area (Å²) in [6, 6.07) is 9.25. The first-order valence-corrected chi connectivity index (χ1v) is 6.48. The lowest BCUT2D eigenvalue weighted by Crippen LogP contribution is -2.15. The minimum atomic E-state index is -4.40. The molecule has 1 atom stereocenters. The van der Waals surface area contributed by atoms with Gasteiger partial charge in [-0.15, -0.1) is 0 Å². The predicted molar refractivity (Wildman–Crippen MR) is 74.6 cm³/mol.